The van der Waals surface area contributed by atoms with Crippen LogP contribution in [0.3, 0.4) is 0 Å². The molecule has 2 amide bonds. The first-order valence-corrected chi connectivity index (χ1v) is 12.4. The number of aromatic nitrogens is 2. The predicted octanol–water partition coefficient (Wildman–Crippen LogP) is 5.58. The second kappa shape index (κ2) is 11.7. The summed E-state index contributed by atoms with van der Waals surface area (Å²) in [6.45, 7) is 6.97. The average molecular weight is 493 g/mol. The first-order chi connectivity index (χ1) is 16.6. The van der Waals surface area contributed by atoms with E-state index in [0.717, 1.165) is 49.4 Å². The van der Waals surface area contributed by atoms with Crippen LogP contribution < -0.4 is 4.90 Å². The molecule has 6 nitrogen and oxygen atoms in total. The van der Waals surface area contributed by atoms with Crippen molar-refractivity contribution >= 4 is 17.5 Å². The molecular weight excluding hydrogens is 457 g/mol. The van der Waals surface area contributed by atoms with Gasteiger partial charge in [-0.05, 0) is 37.5 Å². The minimum atomic E-state index is -4.51. The third-order valence-corrected chi connectivity index (χ3v) is 6.38. The molecule has 1 aromatic heterocycles. The summed E-state index contributed by atoms with van der Waals surface area (Å²) in [7, 11) is 0. The lowest BCUT2D eigenvalue weighted by atomic mass is 10.1. The van der Waals surface area contributed by atoms with Crippen LogP contribution in [0.2, 0.25) is 0 Å². The highest BCUT2D eigenvalue weighted by Gasteiger charge is 2.34. The number of anilines is 1. The maximum absolute atomic E-state index is 13.2. The maximum atomic E-state index is 13.2. The van der Waals surface area contributed by atoms with E-state index >= 15 is 0 Å². The van der Waals surface area contributed by atoms with E-state index in [0.29, 0.717) is 25.3 Å². The van der Waals surface area contributed by atoms with Crippen LogP contribution in [0.15, 0.2) is 30.3 Å². The Labute approximate surface area is 205 Å². The van der Waals surface area contributed by atoms with Gasteiger partial charge in [0.15, 0.2) is 5.69 Å². The van der Waals surface area contributed by atoms with Crippen LogP contribution in [-0.4, -0.2) is 39.6 Å². The molecule has 0 saturated carbocycles. The van der Waals surface area contributed by atoms with Crippen molar-refractivity contribution in [2.45, 2.75) is 78.6 Å². The van der Waals surface area contributed by atoms with E-state index in [1.165, 1.54) is 4.68 Å². The summed E-state index contributed by atoms with van der Waals surface area (Å²) < 4.78 is 40.2. The summed E-state index contributed by atoms with van der Waals surface area (Å²) in [6.07, 6.45) is 0.353. The van der Waals surface area contributed by atoms with Crippen molar-refractivity contribution in [2.24, 2.45) is 5.92 Å². The minimum absolute atomic E-state index is 0.0522. The molecule has 0 unspecified atom stereocenters. The zero-order chi connectivity index (χ0) is 25.6. The maximum Gasteiger partial charge on any atom is 0.435 e. The number of rotatable bonds is 4. The van der Waals surface area contributed by atoms with Crippen molar-refractivity contribution in [1.82, 2.24) is 14.7 Å². The molecule has 9 heteroatoms. The van der Waals surface area contributed by atoms with Gasteiger partial charge in [0.1, 0.15) is 0 Å². The molecule has 0 fully saturated rings. The van der Waals surface area contributed by atoms with Gasteiger partial charge >= 0.3 is 6.18 Å². The highest BCUT2D eigenvalue weighted by molar-refractivity contribution is 5.95. The molecule has 0 atom stereocenters. The van der Waals surface area contributed by atoms with Gasteiger partial charge in [-0.3, -0.25) is 14.3 Å². The standard InChI is InChI=1S/C26H35F3N4O2/c1-19(2)25(35)32-15-10-6-4-5-9-14-31(18-21-11-7-8-12-22(21)32)24(34)13-16-33-20(3)17-23(30-33)26(27,28)29/h7-8,11-12,17,19H,4-6,9-10,13-16,18H2,1-3H3. The fraction of sp³-hybridized carbons (Fsp3) is 0.577. The molecule has 35 heavy (non-hydrogen) atoms. The van der Waals surface area contributed by atoms with Crippen molar-refractivity contribution in [1.29, 1.82) is 0 Å². The quantitative estimate of drug-likeness (QED) is 0.560. The van der Waals surface area contributed by atoms with Gasteiger partial charge in [-0.2, -0.15) is 18.3 Å². The van der Waals surface area contributed by atoms with Crippen molar-refractivity contribution in [3.63, 3.8) is 0 Å². The molecular formula is C26H35F3N4O2. The third kappa shape index (κ3) is 7.08. The van der Waals surface area contributed by atoms with E-state index in [1.54, 1.807) is 11.8 Å². The lowest BCUT2D eigenvalue weighted by Crippen LogP contribution is -2.37. The van der Waals surface area contributed by atoms with Crippen LogP contribution in [-0.2, 0) is 28.9 Å². The minimum Gasteiger partial charge on any atom is -0.338 e. The van der Waals surface area contributed by atoms with E-state index in [2.05, 4.69) is 5.10 Å². The van der Waals surface area contributed by atoms with Crippen LogP contribution in [0.1, 0.15) is 69.3 Å². The molecule has 0 radical (unpaired) electrons. The average Bonchev–Trinajstić information content (AvgIpc) is 3.18. The molecule has 0 aliphatic carbocycles. The summed E-state index contributed by atoms with van der Waals surface area (Å²) in [5.41, 5.74) is 1.14. The molecule has 0 saturated heterocycles. The monoisotopic (exact) mass is 492 g/mol. The van der Waals surface area contributed by atoms with Crippen LogP contribution in [0, 0.1) is 12.8 Å². The normalized spacial score (nSPS) is 16.0. The van der Waals surface area contributed by atoms with Gasteiger partial charge in [0.2, 0.25) is 11.8 Å². The summed E-state index contributed by atoms with van der Waals surface area (Å²) in [6, 6.07) is 8.66. The Hall–Kier alpha value is -2.84. The first-order valence-electron chi connectivity index (χ1n) is 12.4. The second-order valence-corrected chi connectivity index (χ2v) is 9.50. The van der Waals surface area contributed by atoms with Crippen molar-refractivity contribution in [2.75, 3.05) is 18.0 Å². The van der Waals surface area contributed by atoms with E-state index in [4.69, 9.17) is 0 Å². The topological polar surface area (TPSA) is 58.4 Å². The largest absolute Gasteiger partial charge is 0.435 e. The molecule has 2 heterocycles. The third-order valence-electron chi connectivity index (χ3n) is 6.38. The van der Waals surface area contributed by atoms with Crippen LogP contribution >= 0.6 is 0 Å². The highest BCUT2D eigenvalue weighted by Crippen LogP contribution is 2.29. The zero-order valence-electron chi connectivity index (χ0n) is 20.8. The Bertz CT molecular complexity index is 1020. The first kappa shape index (κ1) is 26.8. The zero-order valence-corrected chi connectivity index (χ0v) is 20.8. The Kier molecular flexibility index (Phi) is 8.97. The van der Waals surface area contributed by atoms with E-state index in [1.807, 2.05) is 43.0 Å². The number of fused-ring (bicyclic) bond motifs is 1. The number of halogens is 3. The number of benzene rings is 1. The van der Waals surface area contributed by atoms with E-state index in [9.17, 15) is 22.8 Å². The number of carbonyl (C=O) groups is 2. The van der Waals surface area contributed by atoms with E-state index < -0.39 is 11.9 Å². The van der Waals surface area contributed by atoms with Gasteiger partial charge < -0.3 is 9.80 Å². The summed E-state index contributed by atoms with van der Waals surface area (Å²) >= 11 is 0. The van der Waals surface area contributed by atoms with Crippen molar-refractivity contribution in [3.8, 4) is 0 Å². The molecule has 0 bridgehead atoms. The number of hydrogen-bond donors (Lipinski definition) is 0. The van der Waals surface area contributed by atoms with E-state index in [-0.39, 0.29) is 30.7 Å². The Balaban J connectivity index is 1.81. The number of carbonyl (C=O) groups excluding carboxylic acids is 2. The lowest BCUT2D eigenvalue weighted by molar-refractivity contribution is -0.141. The second-order valence-electron chi connectivity index (χ2n) is 9.50. The summed E-state index contributed by atoms with van der Waals surface area (Å²) in [5.74, 6) is -0.225. The van der Waals surface area contributed by atoms with Gasteiger partial charge in [0.05, 0.1) is 0 Å². The molecule has 3 rings (SSSR count). The Morgan fingerprint density at radius 1 is 1.03 bits per heavy atom. The molecule has 1 aromatic carbocycles. The smallest absolute Gasteiger partial charge is 0.338 e. The fourth-order valence-electron chi connectivity index (χ4n) is 4.40. The van der Waals surface area contributed by atoms with Crippen LogP contribution in [0.4, 0.5) is 18.9 Å². The molecule has 192 valence electrons. The van der Waals surface area contributed by atoms with Gasteiger partial charge in [-0.1, -0.05) is 51.3 Å². The summed E-state index contributed by atoms with van der Waals surface area (Å²) in [5, 5.41) is 3.64. The van der Waals surface area contributed by atoms with Gasteiger partial charge in [0.25, 0.3) is 0 Å². The number of hydrogen-bond acceptors (Lipinski definition) is 3. The highest BCUT2D eigenvalue weighted by atomic mass is 19.4. The van der Waals surface area contributed by atoms with Crippen molar-refractivity contribution in [3.05, 3.63) is 47.3 Å². The molecule has 0 N–H and O–H groups in total. The summed E-state index contributed by atoms with van der Waals surface area (Å²) in [4.78, 5) is 29.8. The number of para-hydroxylation sites is 1. The lowest BCUT2D eigenvalue weighted by Gasteiger charge is -2.30. The molecule has 1 aliphatic rings. The van der Waals surface area contributed by atoms with Crippen LogP contribution in [0.25, 0.3) is 0 Å². The number of nitrogens with zero attached hydrogens (tertiary/aromatic N) is 4. The van der Waals surface area contributed by atoms with Crippen molar-refractivity contribution < 1.29 is 22.8 Å². The molecule has 0 spiro atoms. The molecule has 2 aromatic rings. The predicted molar refractivity (Wildman–Crippen MR) is 129 cm³/mol. The number of alkyl halides is 3. The Morgan fingerprint density at radius 2 is 1.69 bits per heavy atom. The van der Waals surface area contributed by atoms with Crippen LogP contribution in [0.5, 0.6) is 0 Å². The fourth-order valence-corrected chi connectivity index (χ4v) is 4.40. The SMILES string of the molecule is Cc1cc(C(F)(F)F)nn1CCC(=O)N1CCCCCCCN(C(=O)C(C)C)c2ccccc2C1. The van der Waals surface area contributed by atoms with Gasteiger partial charge in [0, 0.05) is 49.9 Å². The van der Waals surface area contributed by atoms with Gasteiger partial charge in [-0.25, -0.2) is 0 Å². The number of amides is 2. The molecule has 1 aliphatic heterocycles. The Morgan fingerprint density at radius 3 is 2.34 bits per heavy atom. The van der Waals surface area contributed by atoms with Gasteiger partial charge in [-0.15, -0.1) is 0 Å². The number of aryl methyl sites for hydroxylation is 2.